The third kappa shape index (κ3) is 4.76. The predicted octanol–water partition coefficient (Wildman–Crippen LogP) is 5.72. The molecular weight excluding hydrogens is 509 g/mol. The first kappa shape index (κ1) is 25.1. The lowest BCUT2D eigenvalue weighted by molar-refractivity contribution is 0.0600. The van der Waals surface area contributed by atoms with Crippen LogP contribution in [0.1, 0.15) is 27.6 Å². The van der Waals surface area contributed by atoms with Gasteiger partial charge in [-0.3, -0.25) is 4.57 Å². The molecule has 174 valence electrons. The maximum absolute atomic E-state index is 14.2. The predicted molar refractivity (Wildman–Crippen MR) is 130 cm³/mol. The summed E-state index contributed by atoms with van der Waals surface area (Å²) >= 11 is 3.50. The molecule has 0 aromatic heterocycles. The number of benzene rings is 3. The van der Waals surface area contributed by atoms with E-state index in [1.165, 1.54) is 33.5 Å². The average molecular weight is 534 g/mol. The molecule has 3 rings (SSSR count). The maximum Gasteiger partial charge on any atom is 0.362 e. The monoisotopic (exact) mass is 533 g/mol. The molecule has 7 nitrogen and oxygen atoms in total. The highest BCUT2D eigenvalue weighted by atomic mass is 79.9. The smallest absolute Gasteiger partial charge is 0.362 e. The van der Waals surface area contributed by atoms with Gasteiger partial charge in [-0.15, -0.1) is 0 Å². The van der Waals surface area contributed by atoms with E-state index in [1.807, 2.05) is 24.3 Å². The van der Waals surface area contributed by atoms with Crippen molar-refractivity contribution in [1.82, 2.24) is 0 Å². The number of carbonyl (C=O) groups is 1. The largest absolute Gasteiger partial charge is 0.465 e. The van der Waals surface area contributed by atoms with E-state index in [0.29, 0.717) is 26.9 Å². The molecule has 2 atom stereocenters. The molecule has 2 N–H and O–H groups in total. The van der Waals surface area contributed by atoms with Gasteiger partial charge in [0, 0.05) is 24.4 Å². The molecule has 2 unspecified atom stereocenters. The molecule has 0 bridgehead atoms. The second-order valence-electron chi connectivity index (χ2n) is 7.12. The highest BCUT2D eigenvalue weighted by Gasteiger charge is 2.57. The van der Waals surface area contributed by atoms with E-state index in [9.17, 15) is 14.5 Å². The molecule has 0 heterocycles. The average Bonchev–Trinajstić information content (AvgIpc) is 2.87. The molecule has 0 spiro atoms. The van der Waals surface area contributed by atoms with Gasteiger partial charge in [-0.05, 0) is 51.3 Å². The Hall–Kier alpha value is -2.48. The molecule has 0 fully saturated rings. The van der Waals surface area contributed by atoms with E-state index < -0.39 is 24.9 Å². The van der Waals surface area contributed by atoms with Crippen LogP contribution in [-0.4, -0.2) is 32.4 Å². The number of rotatable bonds is 9. The number of anilines is 1. The molecule has 3 aromatic carbocycles. The van der Waals surface area contributed by atoms with Crippen LogP contribution in [0, 0.1) is 0 Å². The van der Waals surface area contributed by atoms with Crippen LogP contribution in [0.3, 0.4) is 0 Å². The number of carbonyl (C=O) groups excluding carboxylic acids is 1. The number of aliphatic hydroxyl groups excluding tert-OH is 1. The number of esters is 1. The molecular formula is C24H25BrNO6P. The number of aliphatic hydroxyl groups is 1. The minimum absolute atomic E-state index is 0.319. The zero-order valence-corrected chi connectivity index (χ0v) is 20.9. The quantitative estimate of drug-likeness (QED) is 0.268. The van der Waals surface area contributed by atoms with E-state index in [2.05, 4.69) is 21.2 Å². The number of nitrogens with one attached hydrogen (secondary N) is 1. The van der Waals surface area contributed by atoms with Crippen molar-refractivity contribution >= 4 is 35.2 Å². The summed E-state index contributed by atoms with van der Waals surface area (Å²) < 4.78 is 30.5. The number of hydrogen-bond donors (Lipinski definition) is 2. The summed E-state index contributed by atoms with van der Waals surface area (Å²) in [5, 5.41) is 13.3. The van der Waals surface area contributed by atoms with Crippen LogP contribution >= 0.6 is 23.5 Å². The van der Waals surface area contributed by atoms with Crippen molar-refractivity contribution in [3.05, 3.63) is 100 Å². The molecule has 33 heavy (non-hydrogen) atoms. The summed E-state index contributed by atoms with van der Waals surface area (Å²) in [6.45, 7) is 0. The van der Waals surface area contributed by atoms with E-state index in [0.717, 1.165) is 0 Å². The fraction of sp³-hybridized carbons (Fsp3) is 0.208. The van der Waals surface area contributed by atoms with Crippen LogP contribution < -0.4 is 5.32 Å². The van der Waals surface area contributed by atoms with E-state index in [1.54, 1.807) is 42.5 Å². The summed E-state index contributed by atoms with van der Waals surface area (Å²) in [6.07, 6.45) is -1.41. The Morgan fingerprint density at radius 2 is 1.52 bits per heavy atom. The van der Waals surface area contributed by atoms with Crippen molar-refractivity contribution in [3.8, 4) is 0 Å². The van der Waals surface area contributed by atoms with Gasteiger partial charge in [0.25, 0.3) is 0 Å². The number of methoxy groups -OCH3 is 1. The molecule has 0 saturated carbocycles. The Kier molecular flexibility index (Phi) is 8.10. The van der Waals surface area contributed by atoms with E-state index in [-0.39, 0.29) is 0 Å². The molecule has 0 radical (unpaired) electrons. The number of halogens is 1. The Morgan fingerprint density at radius 1 is 0.939 bits per heavy atom. The second kappa shape index (κ2) is 10.6. The summed E-state index contributed by atoms with van der Waals surface area (Å²) in [4.78, 5) is 11.9. The standard InChI is InChI=1S/C24H25BrNO6P/c1-30-23(28)18-15-13-17(14-16-18)22(27)24(33(29,31-2)32-3,19-9-5-4-6-10-19)26-21-12-8-7-11-20(21)25/h4-16,22,26-27H,1-3H3. The molecule has 0 saturated heterocycles. The van der Waals surface area contributed by atoms with Crippen molar-refractivity contribution in [1.29, 1.82) is 0 Å². The fourth-order valence-corrected chi connectivity index (χ4v) is 5.94. The van der Waals surface area contributed by atoms with Gasteiger partial charge in [0.2, 0.25) is 0 Å². The Balaban J connectivity index is 2.27. The van der Waals surface area contributed by atoms with Crippen LogP contribution in [0.25, 0.3) is 0 Å². The van der Waals surface area contributed by atoms with Gasteiger partial charge in [-0.25, -0.2) is 4.79 Å². The maximum atomic E-state index is 14.2. The van der Waals surface area contributed by atoms with Gasteiger partial charge in [0.1, 0.15) is 6.10 Å². The van der Waals surface area contributed by atoms with Crippen molar-refractivity contribution in [2.45, 2.75) is 11.4 Å². The highest BCUT2D eigenvalue weighted by Crippen LogP contribution is 2.68. The van der Waals surface area contributed by atoms with Crippen LogP contribution in [0.5, 0.6) is 0 Å². The molecule has 0 aliphatic carbocycles. The van der Waals surface area contributed by atoms with Gasteiger partial charge in [0.05, 0.1) is 12.7 Å². The van der Waals surface area contributed by atoms with E-state index >= 15 is 0 Å². The topological polar surface area (TPSA) is 94.1 Å². The molecule has 0 aliphatic heterocycles. The molecule has 0 aliphatic rings. The van der Waals surface area contributed by atoms with Gasteiger partial charge < -0.3 is 24.2 Å². The van der Waals surface area contributed by atoms with Crippen molar-refractivity contribution < 1.29 is 28.3 Å². The minimum Gasteiger partial charge on any atom is -0.465 e. The molecule has 9 heteroatoms. The van der Waals surface area contributed by atoms with E-state index in [4.69, 9.17) is 13.8 Å². The summed E-state index contributed by atoms with van der Waals surface area (Å²) in [6, 6.07) is 22.3. The van der Waals surface area contributed by atoms with Gasteiger partial charge in [-0.1, -0.05) is 54.6 Å². The van der Waals surface area contributed by atoms with Crippen LogP contribution in [0.15, 0.2) is 83.3 Å². The number of ether oxygens (including phenoxy) is 1. The van der Waals surface area contributed by atoms with Crippen molar-refractivity contribution in [2.24, 2.45) is 0 Å². The Bertz CT molecular complexity index is 1130. The van der Waals surface area contributed by atoms with Crippen LogP contribution in [-0.2, 0) is 23.6 Å². The van der Waals surface area contributed by atoms with Gasteiger partial charge >= 0.3 is 13.6 Å². The fourth-order valence-electron chi connectivity index (χ4n) is 3.66. The van der Waals surface area contributed by atoms with Crippen molar-refractivity contribution in [3.63, 3.8) is 0 Å². The zero-order valence-electron chi connectivity index (χ0n) is 18.4. The lowest BCUT2D eigenvalue weighted by Crippen LogP contribution is -2.42. The third-order valence-corrected chi connectivity index (χ3v) is 8.50. The van der Waals surface area contributed by atoms with Crippen molar-refractivity contribution in [2.75, 3.05) is 26.6 Å². The second-order valence-corrected chi connectivity index (χ2v) is 10.4. The van der Waals surface area contributed by atoms with Crippen LogP contribution in [0.4, 0.5) is 5.69 Å². The summed E-state index contributed by atoms with van der Waals surface area (Å²) in [5.41, 5.74) is 1.76. The lowest BCUT2D eigenvalue weighted by Gasteiger charge is -2.43. The Morgan fingerprint density at radius 3 is 2.06 bits per heavy atom. The van der Waals surface area contributed by atoms with Gasteiger partial charge in [-0.2, -0.15) is 0 Å². The summed E-state index contributed by atoms with van der Waals surface area (Å²) in [7, 11) is -0.220. The first-order valence-electron chi connectivity index (χ1n) is 9.99. The Labute approximate surface area is 201 Å². The number of para-hydroxylation sites is 1. The normalized spacial score (nSPS) is 14.2. The SMILES string of the molecule is COC(=O)c1ccc(C(O)C(Nc2ccccc2Br)(c2ccccc2)P(=O)(OC)OC)cc1. The first-order chi connectivity index (χ1) is 15.8. The zero-order chi connectivity index (χ0) is 24.1. The summed E-state index contributed by atoms with van der Waals surface area (Å²) in [5.74, 6) is -0.504. The van der Waals surface area contributed by atoms with Crippen LogP contribution in [0.2, 0.25) is 0 Å². The number of hydrogen-bond acceptors (Lipinski definition) is 7. The third-order valence-electron chi connectivity index (χ3n) is 5.37. The molecule has 3 aromatic rings. The highest BCUT2D eigenvalue weighted by molar-refractivity contribution is 9.10. The lowest BCUT2D eigenvalue weighted by atomic mass is 9.93. The van der Waals surface area contributed by atoms with Gasteiger partial charge in [0.15, 0.2) is 5.28 Å². The first-order valence-corrected chi connectivity index (χ1v) is 12.3. The molecule has 0 amide bonds. The minimum atomic E-state index is -4.06.